The van der Waals surface area contributed by atoms with Crippen LogP contribution in [-0.4, -0.2) is 32.0 Å². The van der Waals surface area contributed by atoms with E-state index in [9.17, 15) is 4.79 Å². The number of aryl methyl sites for hydroxylation is 1. The molecule has 6 nitrogen and oxygen atoms in total. The van der Waals surface area contributed by atoms with E-state index in [0.29, 0.717) is 21.7 Å². The van der Waals surface area contributed by atoms with Crippen LogP contribution < -0.4 is 10.6 Å². The molecule has 0 unspecified atom stereocenters. The molecular weight excluding hydrogens is 525 g/mol. The Hall–Kier alpha value is -3.39. The van der Waals surface area contributed by atoms with Gasteiger partial charge >= 0.3 is 0 Å². The summed E-state index contributed by atoms with van der Waals surface area (Å²) in [5.74, 6) is -0.0791. The second-order valence-electron chi connectivity index (χ2n) is 8.89. The Kier molecular flexibility index (Phi) is 7.46. The van der Waals surface area contributed by atoms with Crippen LogP contribution >= 0.6 is 35.4 Å². The highest BCUT2D eigenvalue weighted by Gasteiger charge is 2.41. The Morgan fingerprint density at radius 2 is 1.95 bits per heavy atom. The number of pyridine rings is 1. The van der Waals surface area contributed by atoms with Crippen LogP contribution in [0.25, 0.3) is 5.69 Å². The molecule has 9 heteroatoms. The van der Waals surface area contributed by atoms with Gasteiger partial charge in [-0.15, -0.1) is 0 Å². The Balaban J connectivity index is 1.46. The molecule has 0 saturated carbocycles. The van der Waals surface area contributed by atoms with Crippen LogP contribution in [0.4, 0.5) is 5.69 Å². The van der Waals surface area contributed by atoms with Gasteiger partial charge in [0.2, 0.25) is 5.91 Å². The fourth-order valence-electron chi connectivity index (χ4n) is 4.67. The molecule has 4 aromatic rings. The molecule has 0 aliphatic carbocycles. The highest BCUT2D eigenvalue weighted by atomic mass is 35.5. The molecule has 1 amide bonds. The smallest absolute Gasteiger partial charge is 0.226 e. The largest absolute Gasteiger partial charge is 0.352 e. The predicted octanol–water partition coefficient (Wildman–Crippen LogP) is 6.49. The molecule has 0 radical (unpaired) electrons. The molecule has 37 heavy (non-hydrogen) atoms. The van der Waals surface area contributed by atoms with Crippen molar-refractivity contribution in [2.45, 2.75) is 25.4 Å². The van der Waals surface area contributed by atoms with Gasteiger partial charge in [-0.05, 0) is 79.3 Å². The fraction of sp³-hybridized carbons (Fsp3) is 0.179. The summed E-state index contributed by atoms with van der Waals surface area (Å²) in [4.78, 5) is 19.5. The third-order valence-corrected chi connectivity index (χ3v) is 7.22. The van der Waals surface area contributed by atoms with E-state index in [-0.39, 0.29) is 24.4 Å². The Bertz CT molecular complexity index is 1440. The topological polar surface area (TPSA) is 62.2 Å². The molecule has 1 aliphatic heterocycles. The molecule has 1 saturated heterocycles. The van der Waals surface area contributed by atoms with Crippen LogP contribution in [0.5, 0.6) is 0 Å². The summed E-state index contributed by atoms with van der Waals surface area (Å²) in [6.45, 7) is 2.42. The zero-order valence-corrected chi connectivity index (χ0v) is 22.4. The van der Waals surface area contributed by atoms with Crippen molar-refractivity contribution >= 4 is 52.1 Å². The number of benzene rings is 2. The quantitative estimate of drug-likeness (QED) is 0.258. The Morgan fingerprint density at radius 3 is 2.70 bits per heavy atom. The standard InChI is InChI=1S/C28H25Cl2N5OS/c1-18-6-4-7-20(16-18)32-25(36)12-15-35-27(26(33-28(35)37)22-8-2-3-13-31-22)24-9-5-14-34(24)23-11-10-19(29)17-21(23)30/h2-11,13-14,16-17,26-27H,12,15H2,1H3,(H,32,36)(H,33,37)/t26-,27-/m1/s1. The van der Waals surface area contributed by atoms with Crippen molar-refractivity contribution in [1.29, 1.82) is 0 Å². The van der Waals surface area contributed by atoms with E-state index in [4.69, 9.17) is 35.4 Å². The first-order valence-corrected chi connectivity index (χ1v) is 13.0. The summed E-state index contributed by atoms with van der Waals surface area (Å²) in [6.07, 6.45) is 4.00. The fourth-order valence-corrected chi connectivity index (χ4v) is 5.50. The lowest BCUT2D eigenvalue weighted by molar-refractivity contribution is -0.116. The molecule has 2 N–H and O–H groups in total. The van der Waals surface area contributed by atoms with Gasteiger partial charge in [-0.3, -0.25) is 9.78 Å². The number of carbonyl (C=O) groups excluding carboxylic acids is 1. The molecule has 1 aliphatic rings. The van der Waals surface area contributed by atoms with E-state index in [2.05, 4.69) is 20.5 Å². The SMILES string of the molecule is Cc1cccc(NC(=O)CCN2C(=S)N[C@H](c3ccccn3)[C@H]2c2cccn2-c2ccc(Cl)cc2Cl)c1. The zero-order valence-electron chi connectivity index (χ0n) is 20.1. The van der Waals surface area contributed by atoms with Gasteiger partial charge in [-0.25, -0.2) is 0 Å². The maximum absolute atomic E-state index is 12.8. The maximum Gasteiger partial charge on any atom is 0.226 e. The first-order chi connectivity index (χ1) is 17.9. The van der Waals surface area contributed by atoms with E-state index >= 15 is 0 Å². The van der Waals surface area contributed by atoms with Crippen molar-refractivity contribution in [3.05, 3.63) is 112 Å². The van der Waals surface area contributed by atoms with Crippen molar-refractivity contribution < 1.29 is 4.79 Å². The predicted molar refractivity (Wildman–Crippen MR) is 152 cm³/mol. The third-order valence-electron chi connectivity index (χ3n) is 6.33. The van der Waals surface area contributed by atoms with Crippen LogP contribution in [0.15, 0.2) is 85.2 Å². The highest BCUT2D eigenvalue weighted by molar-refractivity contribution is 7.80. The van der Waals surface area contributed by atoms with Crippen LogP contribution in [0, 0.1) is 6.92 Å². The minimum atomic E-state index is -0.226. The number of nitrogens with zero attached hydrogens (tertiary/aromatic N) is 3. The Labute approximate surface area is 231 Å². The molecule has 3 heterocycles. The monoisotopic (exact) mass is 549 g/mol. The van der Waals surface area contributed by atoms with Gasteiger partial charge in [-0.2, -0.15) is 0 Å². The van der Waals surface area contributed by atoms with Crippen molar-refractivity contribution in [2.24, 2.45) is 0 Å². The van der Waals surface area contributed by atoms with E-state index < -0.39 is 0 Å². The molecule has 0 bridgehead atoms. The molecule has 1 fully saturated rings. The number of carbonyl (C=O) groups is 1. The average molecular weight is 551 g/mol. The van der Waals surface area contributed by atoms with Crippen LogP contribution in [-0.2, 0) is 4.79 Å². The Morgan fingerprint density at radius 1 is 1.08 bits per heavy atom. The zero-order chi connectivity index (χ0) is 25.9. The maximum atomic E-state index is 12.8. The van der Waals surface area contributed by atoms with E-state index in [0.717, 1.165) is 28.3 Å². The number of thiocarbonyl (C=S) groups is 1. The van der Waals surface area contributed by atoms with E-state index in [1.54, 1.807) is 12.3 Å². The number of anilines is 1. The van der Waals surface area contributed by atoms with Gasteiger partial charge in [0.15, 0.2) is 5.11 Å². The lowest BCUT2D eigenvalue weighted by Crippen LogP contribution is -2.33. The van der Waals surface area contributed by atoms with Crippen molar-refractivity contribution in [1.82, 2.24) is 19.8 Å². The summed E-state index contributed by atoms with van der Waals surface area (Å²) < 4.78 is 2.04. The van der Waals surface area contributed by atoms with Gasteiger partial charge in [0.25, 0.3) is 0 Å². The number of hydrogen-bond acceptors (Lipinski definition) is 3. The van der Waals surface area contributed by atoms with E-state index in [1.807, 2.05) is 84.4 Å². The normalized spacial score (nSPS) is 17.1. The number of nitrogens with one attached hydrogen (secondary N) is 2. The van der Waals surface area contributed by atoms with Crippen LogP contribution in [0.1, 0.15) is 35.5 Å². The average Bonchev–Trinajstić information content (AvgIpc) is 3.47. The molecule has 2 aromatic carbocycles. The van der Waals surface area contributed by atoms with Gasteiger partial charge in [0.1, 0.15) is 0 Å². The molecule has 2 aromatic heterocycles. The van der Waals surface area contributed by atoms with Gasteiger partial charge < -0.3 is 20.1 Å². The number of rotatable bonds is 7. The lowest BCUT2D eigenvalue weighted by atomic mass is 10.0. The summed E-state index contributed by atoms with van der Waals surface area (Å²) >= 11 is 18.5. The number of aromatic nitrogens is 2. The van der Waals surface area contributed by atoms with Crippen molar-refractivity contribution in [2.75, 3.05) is 11.9 Å². The summed E-state index contributed by atoms with van der Waals surface area (Å²) in [7, 11) is 0. The lowest BCUT2D eigenvalue weighted by Gasteiger charge is -2.29. The van der Waals surface area contributed by atoms with Gasteiger partial charge in [-0.1, -0.05) is 41.4 Å². The number of halogens is 2. The van der Waals surface area contributed by atoms with Crippen molar-refractivity contribution in [3.63, 3.8) is 0 Å². The van der Waals surface area contributed by atoms with Gasteiger partial charge in [0.05, 0.1) is 28.5 Å². The summed E-state index contributed by atoms with van der Waals surface area (Å²) in [5.41, 5.74) is 4.49. The molecule has 188 valence electrons. The first-order valence-electron chi connectivity index (χ1n) is 11.9. The minimum Gasteiger partial charge on any atom is -0.352 e. The van der Waals surface area contributed by atoms with Crippen LogP contribution in [0.2, 0.25) is 10.0 Å². The second kappa shape index (κ2) is 10.9. The summed E-state index contributed by atoms with van der Waals surface area (Å²) in [5, 5.41) is 8.10. The summed E-state index contributed by atoms with van der Waals surface area (Å²) in [6, 6.07) is 22.6. The van der Waals surface area contributed by atoms with Crippen LogP contribution in [0.3, 0.4) is 0 Å². The minimum absolute atomic E-state index is 0.0791. The molecular formula is C28H25Cl2N5OS. The highest BCUT2D eigenvalue weighted by Crippen LogP contribution is 2.40. The number of hydrogen-bond donors (Lipinski definition) is 2. The van der Waals surface area contributed by atoms with E-state index in [1.165, 1.54) is 0 Å². The number of amides is 1. The van der Waals surface area contributed by atoms with Gasteiger partial charge in [0, 0.05) is 41.8 Å². The first kappa shape index (κ1) is 25.3. The molecule has 0 spiro atoms. The molecule has 5 rings (SSSR count). The third kappa shape index (κ3) is 5.49. The molecule has 2 atom stereocenters. The second-order valence-corrected chi connectivity index (χ2v) is 10.1. The van der Waals surface area contributed by atoms with Crippen molar-refractivity contribution in [3.8, 4) is 5.69 Å².